The summed E-state index contributed by atoms with van der Waals surface area (Å²) in [6.45, 7) is 2.82. The maximum absolute atomic E-state index is 12.2. The number of piperidine rings is 1. The Morgan fingerprint density at radius 3 is 2.95 bits per heavy atom. The van der Waals surface area contributed by atoms with E-state index in [9.17, 15) is 18.0 Å². The van der Waals surface area contributed by atoms with Gasteiger partial charge in [0, 0.05) is 44.4 Å². The molecule has 1 saturated heterocycles. The van der Waals surface area contributed by atoms with Crippen molar-refractivity contribution in [1.29, 1.82) is 0 Å². The minimum Gasteiger partial charge on any atom is -0.350 e. The molecule has 1 aromatic rings. The zero-order valence-corrected chi connectivity index (χ0v) is 12.4. The highest BCUT2D eigenvalue weighted by molar-refractivity contribution is 5.73. The minimum atomic E-state index is -4.19. The molecule has 1 unspecified atom stereocenters. The molecule has 1 aliphatic rings. The van der Waals surface area contributed by atoms with Crippen molar-refractivity contribution in [2.45, 2.75) is 44.8 Å². The Balaban J connectivity index is 1.93. The van der Waals surface area contributed by atoms with E-state index in [0.29, 0.717) is 18.2 Å². The molecule has 5 nitrogen and oxygen atoms in total. The number of likely N-dealkylation sites (tertiary alicyclic amines) is 1. The predicted molar refractivity (Wildman–Crippen MR) is 75.3 cm³/mol. The molecule has 0 aliphatic carbocycles. The van der Waals surface area contributed by atoms with Crippen LogP contribution in [0, 0.1) is 0 Å². The SMILES string of the molecule is CC(=O)N1CCCC(Nc2nccc(CCC(F)(F)F)n2)C1. The van der Waals surface area contributed by atoms with Crippen molar-refractivity contribution >= 4 is 11.9 Å². The normalized spacial score (nSPS) is 19.1. The van der Waals surface area contributed by atoms with Gasteiger partial charge in [-0.2, -0.15) is 13.2 Å². The van der Waals surface area contributed by atoms with Gasteiger partial charge in [0.25, 0.3) is 0 Å². The highest BCUT2D eigenvalue weighted by atomic mass is 19.4. The highest BCUT2D eigenvalue weighted by Gasteiger charge is 2.27. The van der Waals surface area contributed by atoms with E-state index < -0.39 is 12.6 Å². The summed E-state index contributed by atoms with van der Waals surface area (Å²) in [5.74, 6) is 0.335. The molecular weight excluding hydrogens is 297 g/mol. The Kier molecular flexibility index (Phi) is 5.20. The molecule has 0 spiro atoms. The van der Waals surface area contributed by atoms with Gasteiger partial charge in [-0.1, -0.05) is 0 Å². The fraction of sp³-hybridized carbons (Fsp3) is 0.643. The third-order valence-corrected chi connectivity index (χ3v) is 3.58. The average Bonchev–Trinajstić information content (AvgIpc) is 2.45. The molecule has 0 radical (unpaired) electrons. The molecule has 22 heavy (non-hydrogen) atoms. The van der Waals surface area contributed by atoms with Gasteiger partial charge < -0.3 is 10.2 Å². The molecule has 8 heteroatoms. The molecule has 122 valence electrons. The Hall–Kier alpha value is -1.86. The monoisotopic (exact) mass is 316 g/mol. The first-order valence-corrected chi connectivity index (χ1v) is 7.24. The molecule has 1 aromatic heterocycles. The van der Waals surface area contributed by atoms with Crippen LogP contribution in [-0.2, 0) is 11.2 Å². The highest BCUT2D eigenvalue weighted by Crippen LogP contribution is 2.22. The Morgan fingerprint density at radius 1 is 1.50 bits per heavy atom. The van der Waals surface area contributed by atoms with Crippen molar-refractivity contribution in [2.24, 2.45) is 0 Å². The van der Waals surface area contributed by atoms with Crippen molar-refractivity contribution in [1.82, 2.24) is 14.9 Å². The smallest absolute Gasteiger partial charge is 0.350 e. The van der Waals surface area contributed by atoms with Crippen LogP contribution in [-0.4, -0.2) is 46.1 Å². The second-order valence-electron chi connectivity index (χ2n) is 5.44. The number of carbonyl (C=O) groups is 1. The van der Waals surface area contributed by atoms with E-state index in [1.807, 2.05) is 0 Å². The molecule has 2 rings (SSSR count). The van der Waals surface area contributed by atoms with Crippen LogP contribution in [0.25, 0.3) is 0 Å². The van der Waals surface area contributed by atoms with Gasteiger partial charge >= 0.3 is 6.18 Å². The lowest BCUT2D eigenvalue weighted by Crippen LogP contribution is -2.44. The van der Waals surface area contributed by atoms with Gasteiger partial charge in [0.05, 0.1) is 0 Å². The zero-order valence-electron chi connectivity index (χ0n) is 12.4. The number of carbonyl (C=O) groups excluding carboxylic acids is 1. The van der Waals surface area contributed by atoms with Gasteiger partial charge in [0.15, 0.2) is 0 Å². The van der Waals surface area contributed by atoms with Crippen molar-refractivity contribution in [3.63, 3.8) is 0 Å². The van der Waals surface area contributed by atoms with Gasteiger partial charge in [0.1, 0.15) is 0 Å². The van der Waals surface area contributed by atoms with Crippen LogP contribution >= 0.6 is 0 Å². The van der Waals surface area contributed by atoms with E-state index in [-0.39, 0.29) is 18.4 Å². The van der Waals surface area contributed by atoms with E-state index in [1.165, 1.54) is 19.2 Å². The van der Waals surface area contributed by atoms with E-state index in [0.717, 1.165) is 19.4 Å². The van der Waals surface area contributed by atoms with E-state index in [2.05, 4.69) is 15.3 Å². The summed E-state index contributed by atoms with van der Waals surface area (Å²) in [7, 11) is 0. The third-order valence-electron chi connectivity index (χ3n) is 3.58. The summed E-state index contributed by atoms with van der Waals surface area (Å²) >= 11 is 0. The molecule has 1 fully saturated rings. The van der Waals surface area contributed by atoms with Crippen molar-refractivity contribution in [3.05, 3.63) is 18.0 Å². The largest absolute Gasteiger partial charge is 0.389 e. The van der Waals surface area contributed by atoms with Crippen molar-refractivity contribution in [2.75, 3.05) is 18.4 Å². The van der Waals surface area contributed by atoms with Crippen molar-refractivity contribution < 1.29 is 18.0 Å². The molecule has 0 saturated carbocycles. The first-order valence-electron chi connectivity index (χ1n) is 7.24. The number of hydrogen-bond acceptors (Lipinski definition) is 4. The van der Waals surface area contributed by atoms with Gasteiger partial charge in [-0.15, -0.1) is 0 Å². The molecule has 1 atom stereocenters. The van der Waals surface area contributed by atoms with Crippen LogP contribution in [0.4, 0.5) is 19.1 Å². The van der Waals surface area contributed by atoms with Gasteiger partial charge in [-0.3, -0.25) is 4.79 Å². The lowest BCUT2D eigenvalue weighted by atomic mass is 10.1. The lowest BCUT2D eigenvalue weighted by Gasteiger charge is -2.32. The number of anilines is 1. The van der Waals surface area contributed by atoms with Crippen LogP contribution < -0.4 is 5.32 Å². The maximum Gasteiger partial charge on any atom is 0.389 e. The molecule has 0 aromatic carbocycles. The predicted octanol–water partition coefficient (Wildman–Crippen LogP) is 2.39. The fourth-order valence-electron chi connectivity index (χ4n) is 2.44. The minimum absolute atomic E-state index is 0.0198. The summed E-state index contributed by atoms with van der Waals surface area (Å²) < 4.78 is 36.7. The fourth-order valence-corrected chi connectivity index (χ4v) is 2.44. The van der Waals surface area contributed by atoms with E-state index in [1.54, 1.807) is 4.90 Å². The molecule has 1 aliphatic heterocycles. The van der Waals surface area contributed by atoms with Crippen LogP contribution in [0.15, 0.2) is 12.3 Å². The lowest BCUT2D eigenvalue weighted by molar-refractivity contribution is -0.134. The first kappa shape index (κ1) is 16.5. The molecule has 1 N–H and O–H groups in total. The second-order valence-corrected chi connectivity index (χ2v) is 5.44. The molecule has 0 bridgehead atoms. The number of aromatic nitrogens is 2. The van der Waals surface area contributed by atoms with Crippen LogP contribution in [0.1, 0.15) is 31.9 Å². The van der Waals surface area contributed by atoms with Gasteiger partial charge in [0.2, 0.25) is 11.9 Å². The number of nitrogens with one attached hydrogen (secondary N) is 1. The van der Waals surface area contributed by atoms with Crippen LogP contribution in [0.2, 0.25) is 0 Å². The number of nitrogens with zero attached hydrogens (tertiary/aromatic N) is 3. The average molecular weight is 316 g/mol. The summed E-state index contributed by atoms with van der Waals surface area (Å²) in [4.78, 5) is 21.3. The number of rotatable bonds is 4. The molecule has 2 heterocycles. The summed E-state index contributed by atoms with van der Waals surface area (Å²) in [6.07, 6.45) is -2.04. The molecule has 1 amide bonds. The second kappa shape index (κ2) is 6.93. The maximum atomic E-state index is 12.2. The third kappa shape index (κ3) is 5.16. The van der Waals surface area contributed by atoms with Gasteiger partial charge in [-0.25, -0.2) is 9.97 Å². The Labute approximate surface area is 126 Å². The van der Waals surface area contributed by atoms with Crippen LogP contribution in [0.3, 0.4) is 0 Å². The number of alkyl halides is 3. The summed E-state index contributed by atoms with van der Waals surface area (Å²) in [5.41, 5.74) is 0.356. The Morgan fingerprint density at radius 2 is 2.27 bits per heavy atom. The van der Waals surface area contributed by atoms with Crippen LogP contribution in [0.5, 0.6) is 0 Å². The van der Waals surface area contributed by atoms with E-state index in [4.69, 9.17) is 0 Å². The summed E-state index contributed by atoms with van der Waals surface area (Å²) in [5, 5.41) is 3.11. The topological polar surface area (TPSA) is 58.1 Å². The quantitative estimate of drug-likeness (QED) is 0.927. The summed E-state index contributed by atoms with van der Waals surface area (Å²) in [6, 6.07) is 1.51. The van der Waals surface area contributed by atoms with E-state index >= 15 is 0 Å². The number of hydrogen-bond donors (Lipinski definition) is 1. The molecular formula is C14H19F3N4O. The first-order chi connectivity index (χ1) is 10.3. The standard InChI is InChI=1S/C14H19F3N4O/c1-10(22)21-8-2-3-12(9-21)20-13-18-7-5-11(19-13)4-6-14(15,16)17/h5,7,12H,2-4,6,8-9H2,1H3,(H,18,19,20). The number of halogens is 3. The zero-order chi connectivity index (χ0) is 16.2. The van der Waals surface area contributed by atoms with Gasteiger partial charge in [-0.05, 0) is 25.3 Å². The number of aryl methyl sites for hydroxylation is 1. The van der Waals surface area contributed by atoms with Crippen molar-refractivity contribution in [3.8, 4) is 0 Å². The number of amides is 1. The Bertz CT molecular complexity index is 521.